The number of quaternary nitrogens is 1. The molecule has 2 rings (SSSR count). The van der Waals surface area contributed by atoms with Crippen LogP contribution in [0.3, 0.4) is 0 Å². The van der Waals surface area contributed by atoms with E-state index in [-0.39, 0.29) is 0 Å². The van der Waals surface area contributed by atoms with Crippen molar-refractivity contribution < 1.29 is 9.22 Å². The largest absolute Gasteiger partial charge is 0.370 e. The normalized spacial score (nSPS) is 18.6. The number of ether oxygens (including phenoxy) is 1. The van der Waals surface area contributed by atoms with E-state index in [1.165, 1.54) is 37.0 Å². The molecular formula is C12H24N3O+. The number of imidazole rings is 1. The molecule has 1 aromatic rings. The lowest BCUT2D eigenvalue weighted by Gasteiger charge is -2.37. The van der Waals surface area contributed by atoms with Gasteiger partial charge in [-0.15, -0.1) is 0 Å². The molecule has 2 heterocycles. The minimum Gasteiger partial charge on any atom is -0.370 e. The van der Waals surface area contributed by atoms with Crippen LogP contribution in [-0.4, -0.2) is 54.3 Å². The minimum atomic E-state index is 0.959. The van der Waals surface area contributed by atoms with Crippen LogP contribution in [0.1, 0.15) is 19.8 Å². The molecule has 0 spiro atoms. The van der Waals surface area contributed by atoms with Crippen molar-refractivity contribution in [3.63, 3.8) is 0 Å². The Bertz CT molecular complexity index is 226. The number of H-pyrrole nitrogens is 1. The summed E-state index contributed by atoms with van der Waals surface area (Å²) in [5.74, 6) is 0. The average Bonchev–Trinajstić information content (AvgIpc) is 2.86. The maximum Gasteiger partial charge on any atom is 0.102 e. The predicted octanol–water partition coefficient (Wildman–Crippen LogP) is 1.67. The summed E-state index contributed by atoms with van der Waals surface area (Å²) in [6, 6.07) is 0. The fourth-order valence-electron chi connectivity index (χ4n) is 1.76. The Hall–Kier alpha value is -0.870. The molecule has 1 fully saturated rings. The van der Waals surface area contributed by atoms with Crippen LogP contribution in [0, 0.1) is 0 Å². The van der Waals surface area contributed by atoms with Crippen molar-refractivity contribution in [1.82, 2.24) is 9.97 Å². The third-order valence-corrected chi connectivity index (χ3v) is 3.01. The molecule has 16 heavy (non-hydrogen) atoms. The van der Waals surface area contributed by atoms with Gasteiger partial charge >= 0.3 is 0 Å². The van der Waals surface area contributed by atoms with Gasteiger partial charge in [-0.3, -0.25) is 0 Å². The van der Waals surface area contributed by atoms with Gasteiger partial charge in [-0.05, 0) is 6.42 Å². The van der Waals surface area contributed by atoms with Crippen LogP contribution in [0.15, 0.2) is 18.7 Å². The topological polar surface area (TPSA) is 37.9 Å². The van der Waals surface area contributed by atoms with Crippen molar-refractivity contribution in [3.8, 4) is 0 Å². The lowest BCUT2D eigenvalue weighted by Crippen LogP contribution is -2.52. The number of morpholine rings is 1. The maximum atomic E-state index is 5.33. The highest BCUT2D eigenvalue weighted by atomic mass is 16.5. The van der Waals surface area contributed by atoms with Crippen LogP contribution in [0.2, 0.25) is 0 Å². The van der Waals surface area contributed by atoms with Gasteiger partial charge in [0, 0.05) is 12.4 Å². The molecule has 0 bridgehead atoms. The Kier molecular flexibility index (Phi) is 6.11. The van der Waals surface area contributed by atoms with E-state index in [0.29, 0.717) is 0 Å². The van der Waals surface area contributed by atoms with Gasteiger partial charge in [0.15, 0.2) is 0 Å². The van der Waals surface area contributed by atoms with Gasteiger partial charge in [0.2, 0.25) is 0 Å². The van der Waals surface area contributed by atoms with E-state index in [1.54, 1.807) is 18.7 Å². The molecule has 1 N–H and O–H groups in total. The van der Waals surface area contributed by atoms with Crippen molar-refractivity contribution in [2.75, 3.05) is 39.9 Å². The van der Waals surface area contributed by atoms with Gasteiger partial charge in [-0.2, -0.15) is 0 Å². The van der Waals surface area contributed by atoms with E-state index in [9.17, 15) is 0 Å². The second-order valence-electron chi connectivity index (χ2n) is 4.52. The van der Waals surface area contributed by atoms with Gasteiger partial charge in [-0.25, -0.2) is 4.98 Å². The van der Waals surface area contributed by atoms with Crippen LogP contribution in [0.5, 0.6) is 0 Å². The van der Waals surface area contributed by atoms with Crippen LogP contribution >= 0.6 is 0 Å². The first-order chi connectivity index (χ1) is 7.77. The summed E-state index contributed by atoms with van der Waals surface area (Å²) in [5, 5.41) is 0. The van der Waals surface area contributed by atoms with E-state index in [2.05, 4.69) is 23.9 Å². The summed E-state index contributed by atoms with van der Waals surface area (Å²) in [4.78, 5) is 6.42. The first kappa shape index (κ1) is 13.2. The van der Waals surface area contributed by atoms with Gasteiger partial charge in [-0.1, -0.05) is 13.3 Å². The number of aromatic nitrogens is 2. The van der Waals surface area contributed by atoms with Gasteiger partial charge < -0.3 is 14.2 Å². The van der Waals surface area contributed by atoms with Crippen molar-refractivity contribution >= 4 is 0 Å². The molecule has 1 aliphatic heterocycles. The standard InChI is InChI=1S/C9H20NO.C3H4N2/c1-3-4-5-10(2)6-8-11-9-7-10;1-2-5-3-4-1/h3-9H2,1-2H3;1-3H,(H,4,5)/q+1;. The molecule has 0 aromatic carbocycles. The number of unbranched alkanes of at least 4 members (excludes halogenated alkanes) is 1. The third kappa shape index (κ3) is 5.28. The highest BCUT2D eigenvalue weighted by molar-refractivity contribution is 4.64. The zero-order valence-corrected chi connectivity index (χ0v) is 10.5. The van der Waals surface area contributed by atoms with Crippen molar-refractivity contribution in [2.24, 2.45) is 0 Å². The summed E-state index contributed by atoms with van der Waals surface area (Å²) in [6.07, 6.45) is 7.76. The average molecular weight is 226 g/mol. The summed E-state index contributed by atoms with van der Waals surface area (Å²) in [7, 11) is 2.35. The third-order valence-electron chi connectivity index (χ3n) is 3.01. The molecule has 0 unspecified atom stereocenters. The van der Waals surface area contributed by atoms with Crippen molar-refractivity contribution in [2.45, 2.75) is 19.8 Å². The molecule has 0 amide bonds. The molecule has 4 heteroatoms. The van der Waals surface area contributed by atoms with E-state index in [1.807, 2.05) is 0 Å². The minimum absolute atomic E-state index is 0.959. The monoisotopic (exact) mass is 226 g/mol. The van der Waals surface area contributed by atoms with E-state index in [0.717, 1.165) is 13.2 Å². The zero-order chi connectivity index (χ0) is 11.7. The number of hydrogen-bond donors (Lipinski definition) is 1. The maximum absolute atomic E-state index is 5.33. The fraction of sp³-hybridized carbons (Fsp3) is 0.750. The molecule has 1 saturated heterocycles. The highest BCUT2D eigenvalue weighted by Crippen LogP contribution is 2.08. The SMILES string of the molecule is CCCC[N+]1(C)CCOCC1.c1c[nH]cn1. The number of hydrogen-bond acceptors (Lipinski definition) is 2. The van der Waals surface area contributed by atoms with E-state index >= 15 is 0 Å². The Morgan fingerprint density at radius 3 is 2.56 bits per heavy atom. The second-order valence-corrected chi connectivity index (χ2v) is 4.52. The second kappa shape index (κ2) is 7.41. The summed E-state index contributed by atoms with van der Waals surface area (Å²) in [6.45, 7) is 7.92. The van der Waals surface area contributed by atoms with Crippen LogP contribution < -0.4 is 0 Å². The Balaban J connectivity index is 0.000000212. The molecular weight excluding hydrogens is 202 g/mol. The van der Waals surface area contributed by atoms with Crippen molar-refractivity contribution in [3.05, 3.63) is 18.7 Å². The predicted molar refractivity (Wildman–Crippen MR) is 65.1 cm³/mol. The Morgan fingerprint density at radius 1 is 1.38 bits per heavy atom. The molecule has 1 aliphatic rings. The summed E-state index contributed by atoms with van der Waals surface area (Å²) >= 11 is 0. The van der Waals surface area contributed by atoms with Gasteiger partial charge in [0.1, 0.15) is 13.1 Å². The quantitative estimate of drug-likeness (QED) is 0.796. The molecule has 1 aromatic heterocycles. The first-order valence-corrected chi connectivity index (χ1v) is 6.11. The molecule has 0 radical (unpaired) electrons. The molecule has 0 aliphatic carbocycles. The molecule has 4 nitrogen and oxygen atoms in total. The smallest absolute Gasteiger partial charge is 0.102 e. The first-order valence-electron chi connectivity index (χ1n) is 6.11. The molecule has 92 valence electrons. The number of likely N-dealkylation sites (N-methyl/N-ethyl adjacent to an activating group) is 1. The number of aromatic amines is 1. The molecule has 0 saturated carbocycles. The lowest BCUT2D eigenvalue weighted by molar-refractivity contribution is -0.917. The van der Waals surface area contributed by atoms with Crippen LogP contribution in [0.25, 0.3) is 0 Å². The Labute approximate surface area is 98.2 Å². The molecule has 0 atom stereocenters. The summed E-state index contributed by atoms with van der Waals surface area (Å²) in [5.41, 5.74) is 0. The number of rotatable bonds is 3. The van der Waals surface area contributed by atoms with Gasteiger partial charge in [0.05, 0.1) is 33.1 Å². The summed E-state index contributed by atoms with van der Waals surface area (Å²) < 4.78 is 6.56. The number of nitrogens with zero attached hydrogens (tertiary/aromatic N) is 2. The Morgan fingerprint density at radius 2 is 2.12 bits per heavy atom. The van der Waals surface area contributed by atoms with Crippen molar-refractivity contribution in [1.29, 1.82) is 0 Å². The van der Waals surface area contributed by atoms with Gasteiger partial charge in [0.25, 0.3) is 0 Å². The lowest BCUT2D eigenvalue weighted by atomic mass is 10.2. The highest BCUT2D eigenvalue weighted by Gasteiger charge is 2.23. The zero-order valence-electron chi connectivity index (χ0n) is 10.5. The number of nitrogens with one attached hydrogen (secondary N) is 1. The van der Waals surface area contributed by atoms with E-state index < -0.39 is 0 Å². The van der Waals surface area contributed by atoms with Crippen LogP contribution in [0.4, 0.5) is 0 Å². The van der Waals surface area contributed by atoms with E-state index in [4.69, 9.17) is 4.74 Å². The fourth-order valence-corrected chi connectivity index (χ4v) is 1.76. The van der Waals surface area contributed by atoms with Crippen LogP contribution in [-0.2, 0) is 4.74 Å².